The third kappa shape index (κ3) is 1.20. The molecule has 0 aromatic carbocycles. The Morgan fingerprint density at radius 2 is 1.23 bits per heavy atom. The maximum Gasteiger partial charge on any atom is 0.220 e. The van der Waals surface area contributed by atoms with E-state index in [1.54, 1.807) is 0 Å². The van der Waals surface area contributed by atoms with Crippen molar-refractivity contribution in [3.05, 3.63) is 0 Å². The van der Waals surface area contributed by atoms with Crippen molar-refractivity contribution in [2.75, 3.05) is 0 Å². The zero-order valence-corrected chi connectivity index (χ0v) is 7.45. The van der Waals surface area contributed by atoms with Crippen molar-refractivity contribution in [1.29, 1.82) is 0 Å². The van der Waals surface area contributed by atoms with Crippen molar-refractivity contribution in [2.45, 2.75) is 25.7 Å². The number of rotatable bonds is 2. The molecule has 2 aliphatic carbocycles. The second-order valence-corrected chi connectivity index (χ2v) is 4.52. The number of hydrogen-bond acceptors (Lipinski definition) is 2. The maximum atomic E-state index is 10.8. The van der Waals surface area contributed by atoms with E-state index in [0.717, 1.165) is 25.7 Å². The molecular weight excluding hydrogens is 168 g/mol. The Hall–Kier alpha value is -1.06. The zero-order chi connectivity index (χ0) is 9.64. The normalized spacial score (nSPS) is 42.2. The second-order valence-electron chi connectivity index (χ2n) is 4.52. The molecule has 0 bridgehead atoms. The van der Waals surface area contributed by atoms with E-state index in [4.69, 9.17) is 11.5 Å². The summed E-state index contributed by atoms with van der Waals surface area (Å²) in [4.78, 5) is 21.5. The molecule has 2 aliphatic rings. The quantitative estimate of drug-likeness (QED) is 0.617. The van der Waals surface area contributed by atoms with Gasteiger partial charge < -0.3 is 11.5 Å². The average molecular weight is 182 g/mol. The highest BCUT2D eigenvalue weighted by Crippen LogP contribution is 2.60. The lowest BCUT2D eigenvalue weighted by atomic mass is 9.48. The number of hydrogen-bond donors (Lipinski definition) is 2. The van der Waals surface area contributed by atoms with Crippen molar-refractivity contribution in [1.82, 2.24) is 0 Å². The van der Waals surface area contributed by atoms with Crippen LogP contribution >= 0.6 is 0 Å². The molecule has 0 radical (unpaired) electrons. The van der Waals surface area contributed by atoms with Crippen LogP contribution in [0.1, 0.15) is 25.7 Å². The number of primary amides is 2. The first-order valence-corrected chi connectivity index (χ1v) is 4.61. The van der Waals surface area contributed by atoms with Gasteiger partial charge in [0, 0.05) is 11.8 Å². The van der Waals surface area contributed by atoms with Crippen LogP contribution in [0.25, 0.3) is 0 Å². The van der Waals surface area contributed by atoms with Gasteiger partial charge in [-0.3, -0.25) is 9.59 Å². The predicted molar refractivity (Wildman–Crippen MR) is 46.3 cm³/mol. The minimum atomic E-state index is -0.201. The monoisotopic (exact) mass is 182 g/mol. The molecule has 2 fully saturated rings. The summed E-state index contributed by atoms with van der Waals surface area (Å²) in [5.74, 6) is -0.302. The number of carbonyl (C=O) groups excluding carboxylic acids is 2. The molecule has 13 heavy (non-hydrogen) atoms. The summed E-state index contributed by atoms with van der Waals surface area (Å²) in [6.45, 7) is 0. The van der Waals surface area contributed by atoms with Gasteiger partial charge in [0.25, 0.3) is 0 Å². The largest absolute Gasteiger partial charge is 0.369 e. The van der Waals surface area contributed by atoms with E-state index >= 15 is 0 Å². The fraction of sp³-hybridized carbons (Fsp3) is 0.778. The average Bonchev–Trinajstić information content (AvgIpc) is 1.78. The van der Waals surface area contributed by atoms with Gasteiger partial charge in [0.15, 0.2) is 0 Å². The van der Waals surface area contributed by atoms with Gasteiger partial charge >= 0.3 is 0 Å². The molecular formula is C9H14N2O2. The molecule has 2 saturated carbocycles. The molecule has 4 nitrogen and oxygen atoms in total. The Bertz CT molecular complexity index is 231. The van der Waals surface area contributed by atoms with E-state index in [0.29, 0.717) is 0 Å². The number of amides is 2. The van der Waals surface area contributed by atoms with Gasteiger partial charge in [-0.1, -0.05) is 0 Å². The number of carbonyl (C=O) groups is 2. The fourth-order valence-corrected chi connectivity index (χ4v) is 2.71. The maximum absolute atomic E-state index is 10.8. The Kier molecular flexibility index (Phi) is 1.62. The fourth-order valence-electron chi connectivity index (χ4n) is 2.71. The van der Waals surface area contributed by atoms with Crippen LogP contribution in [0.15, 0.2) is 0 Å². The lowest BCUT2D eigenvalue weighted by Crippen LogP contribution is -2.53. The Balaban J connectivity index is 1.82. The molecule has 0 aromatic heterocycles. The van der Waals surface area contributed by atoms with Gasteiger partial charge in [0.05, 0.1) is 0 Å². The summed E-state index contributed by atoms with van der Waals surface area (Å²) in [5, 5.41) is 0. The van der Waals surface area contributed by atoms with Crippen LogP contribution in [0.3, 0.4) is 0 Å². The van der Waals surface area contributed by atoms with Crippen LogP contribution in [0, 0.1) is 17.3 Å². The van der Waals surface area contributed by atoms with E-state index < -0.39 is 0 Å². The van der Waals surface area contributed by atoms with Crippen LogP contribution < -0.4 is 11.5 Å². The van der Waals surface area contributed by atoms with E-state index in [1.807, 2.05) is 0 Å². The van der Waals surface area contributed by atoms with Gasteiger partial charge in [-0.2, -0.15) is 0 Å². The summed E-state index contributed by atoms with van der Waals surface area (Å²) < 4.78 is 0. The smallest absolute Gasteiger partial charge is 0.220 e. The number of nitrogens with two attached hydrogens (primary N) is 2. The molecule has 0 unspecified atom stereocenters. The van der Waals surface area contributed by atoms with Crippen LogP contribution in [-0.2, 0) is 9.59 Å². The molecule has 72 valence electrons. The SMILES string of the molecule is NC(=O)C1CC2(C1)CC(C(N)=O)C2. The second kappa shape index (κ2) is 2.47. The first-order valence-electron chi connectivity index (χ1n) is 4.61. The highest BCUT2D eigenvalue weighted by atomic mass is 16.1. The van der Waals surface area contributed by atoms with Crippen LogP contribution in [0.2, 0.25) is 0 Å². The highest BCUT2D eigenvalue weighted by Gasteiger charge is 2.55. The first kappa shape index (κ1) is 8.53. The minimum absolute atomic E-state index is 0.0498. The summed E-state index contributed by atoms with van der Waals surface area (Å²) >= 11 is 0. The van der Waals surface area contributed by atoms with Crippen LogP contribution in [-0.4, -0.2) is 11.8 Å². The molecule has 4 heteroatoms. The molecule has 4 N–H and O–H groups in total. The van der Waals surface area contributed by atoms with Crippen molar-refractivity contribution < 1.29 is 9.59 Å². The lowest BCUT2D eigenvalue weighted by Gasteiger charge is -2.56. The van der Waals surface area contributed by atoms with Crippen LogP contribution in [0.4, 0.5) is 0 Å². The third-order valence-electron chi connectivity index (χ3n) is 3.52. The van der Waals surface area contributed by atoms with E-state index in [9.17, 15) is 9.59 Å². The Labute approximate surface area is 76.6 Å². The summed E-state index contributed by atoms with van der Waals surface area (Å²) in [7, 11) is 0. The molecule has 0 aliphatic heterocycles. The van der Waals surface area contributed by atoms with E-state index in [1.165, 1.54) is 0 Å². The molecule has 2 amide bonds. The Morgan fingerprint density at radius 3 is 1.46 bits per heavy atom. The van der Waals surface area contributed by atoms with Gasteiger partial charge in [-0.05, 0) is 31.1 Å². The molecule has 0 atom stereocenters. The lowest BCUT2D eigenvalue weighted by molar-refractivity contribution is -0.145. The molecule has 1 spiro atoms. The van der Waals surface area contributed by atoms with E-state index in [-0.39, 0.29) is 29.1 Å². The zero-order valence-electron chi connectivity index (χ0n) is 7.45. The predicted octanol–water partition coefficient (Wildman–Crippen LogP) is -0.237. The highest BCUT2D eigenvalue weighted by molar-refractivity contribution is 5.80. The van der Waals surface area contributed by atoms with Gasteiger partial charge in [-0.15, -0.1) is 0 Å². The van der Waals surface area contributed by atoms with Gasteiger partial charge in [0.2, 0.25) is 11.8 Å². The molecule has 0 heterocycles. The minimum Gasteiger partial charge on any atom is -0.369 e. The molecule has 0 aromatic rings. The molecule has 2 rings (SSSR count). The third-order valence-corrected chi connectivity index (χ3v) is 3.52. The van der Waals surface area contributed by atoms with Gasteiger partial charge in [-0.25, -0.2) is 0 Å². The summed E-state index contributed by atoms with van der Waals surface area (Å²) in [6.07, 6.45) is 3.47. The first-order chi connectivity index (χ1) is 6.02. The Morgan fingerprint density at radius 1 is 0.923 bits per heavy atom. The van der Waals surface area contributed by atoms with Gasteiger partial charge in [0.1, 0.15) is 0 Å². The van der Waals surface area contributed by atoms with Crippen molar-refractivity contribution >= 4 is 11.8 Å². The summed E-state index contributed by atoms with van der Waals surface area (Å²) in [5.41, 5.74) is 10.6. The standard InChI is InChI=1S/C9H14N2O2/c10-7(12)5-1-9(2-5)3-6(4-9)8(11)13/h5-6H,1-4H2,(H2,10,12)(H2,11,13). The summed E-state index contributed by atoms with van der Waals surface area (Å²) in [6, 6.07) is 0. The van der Waals surface area contributed by atoms with Crippen molar-refractivity contribution in [3.8, 4) is 0 Å². The van der Waals surface area contributed by atoms with Crippen molar-refractivity contribution in [2.24, 2.45) is 28.7 Å². The topological polar surface area (TPSA) is 86.2 Å². The van der Waals surface area contributed by atoms with Crippen molar-refractivity contribution in [3.63, 3.8) is 0 Å². The van der Waals surface area contributed by atoms with Crippen LogP contribution in [0.5, 0.6) is 0 Å². The van der Waals surface area contributed by atoms with E-state index in [2.05, 4.69) is 0 Å². The molecule has 0 saturated heterocycles.